The Hall–Kier alpha value is -6.66. The minimum absolute atomic E-state index is 0.730. The van der Waals surface area contributed by atoms with Crippen LogP contribution in [0.1, 0.15) is 0 Å². The van der Waals surface area contributed by atoms with Gasteiger partial charge in [0.15, 0.2) is 5.82 Å². The smallest absolute Gasteiger partial charge is 0.161 e. The molecule has 0 radical (unpaired) electrons. The lowest BCUT2D eigenvalue weighted by molar-refractivity contribution is 1.19. The Bertz CT molecular complexity index is 3630. The van der Waals surface area contributed by atoms with E-state index in [4.69, 9.17) is 9.97 Å². The van der Waals surface area contributed by atoms with Crippen LogP contribution in [0.4, 0.5) is 0 Å². The van der Waals surface area contributed by atoms with Crippen molar-refractivity contribution in [3.63, 3.8) is 0 Å². The van der Waals surface area contributed by atoms with Crippen LogP contribution in [-0.2, 0) is 0 Å². The van der Waals surface area contributed by atoms with Gasteiger partial charge >= 0.3 is 0 Å². The van der Waals surface area contributed by atoms with E-state index >= 15 is 0 Å². The van der Waals surface area contributed by atoms with Crippen LogP contribution in [0.2, 0.25) is 0 Å². The number of benzene rings is 9. The van der Waals surface area contributed by atoms with Crippen molar-refractivity contribution in [2.45, 2.75) is 0 Å². The van der Waals surface area contributed by atoms with Crippen LogP contribution in [0.25, 0.3) is 123 Å². The van der Waals surface area contributed by atoms with Crippen molar-refractivity contribution in [2.24, 2.45) is 0 Å². The van der Waals surface area contributed by atoms with Gasteiger partial charge in [0.2, 0.25) is 0 Å². The van der Waals surface area contributed by atoms with Crippen molar-refractivity contribution in [1.82, 2.24) is 14.5 Å². The molecule has 0 bridgehead atoms. The zero-order valence-electron chi connectivity index (χ0n) is 29.2. The molecule has 55 heavy (non-hydrogen) atoms. The zero-order valence-corrected chi connectivity index (χ0v) is 30.9. The van der Waals surface area contributed by atoms with Gasteiger partial charge in [-0.05, 0) is 70.8 Å². The van der Waals surface area contributed by atoms with E-state index in [0.717, 1.165) is 50.0 Å². The predicted octanol–water partition coefficient (Wildman–Crippen LogP) is 14.5. The molecule has 0 unspecified atom stereocenters. The maximum Gasteiger partial charge on any atom is 0.161 e. The van der Waals surface area contributed by atoms with Crippen LogP contribution in [0.3, 0.4) is 0 Å². The van der Waals surface area contributed by atoms with Crippen LogP contribution in [0, 0.1) is 0 Å². The van der Waals surface area contributed by atoms with Gasteiger partial charge in [-0.15, -0.1) is 22.7 Å². The first-order valence-electron chi connectivity index (χ1n) is 18.6. The Morgan fingerprint density at radius 1 is 0.364 bits per heavy atom. The van der Waals surface area contributed by atoms with Gasteiger partial charge in [0.25, 0.3) is 0 Å². The van der Waals surface area contributed by atoms with Crippen molar-refractivity contribution in [3.05, 3.63) is 164 Å². The minimum atomic E-state index is 0.730. The molecule has 0 atom stereocenters. The van der Waals surface area contributed by atoms with E-state index in [1.54, 1.807) is 0 Å². The average molecular weight is 734 g/mol. The summed E-state index contributed by atoms with van der Waals surface area (Å²) in [6.07, 6.45) is 0. The van der Waals surface area contributed by atoms with E-state index in [0.29, 0.717) is 0 Å². The topological polar surface area (TPSA) is 30.7 Å². The standard InChI is InChI=1S/C50H27N3S2/c1-2-13-31-30(12-1)32(50-51-36-17-5-3-14-33(36)49(52-50)35-16-9-21-43-46(35)34-15-4-6-18-40(34)54-43)24-27-37(31)53-38-25-22-28-10-7-19-41-44(28)47(38)48-39(53)26-23-29-11-8-20-42(55-41)45(29)48/h1-27H. The maximum atomic E-state index is 5.49. The number of nitrogens with zero attached hydrogens (tertiary/aromatic N) is 3. The fraction of sp³-hybridized carbons (Fsp3) is 0. The van der Waals surface area contributed by atoms with Crippen molar-refractivity contribution in [3.8, 4) is 28.3 Å². The fourth-order valence-electron chi connectivity index (χ4n) is 9.27. The lowest BCUT2D eigenvalue weighted by Gasteiger charge is -2.16. The highest BCUT2D eigenvalue weighted by Crippen LogP contribution is 2.48. The Kier molecular flexibility index (Phi) is 5.93. The summed E-state index contributed by atoms with van der Waals surface area (Å²) in [5.74, 6) is 0.730. The molecule has 3 nitrogen and oxygen atoms in total. The third-order valence-corrected chi connectivity index (χ3v) is 13.8. The molecule has 5 heteroatoms. The number of aromatic nitrogens is 3. The van der Waals surface area contributed by atoms with E-state index in [9.17, 15) is 0 Å². The molecular weight excluding hydrogens is 707 g/mol. The average Bonchev–Trinajstić information content (AvgIpc) is 3.74. The monoisotopic (exact) mass is 733 g/mol. The van der Waals surface area contributed by atoms with Gasteiger partial charge in [-0.1, -0.05) is 109 Å². The number of fused-ring (bicyclic) bond motifs is 5. The molecule has 0 aliphatic heterocycles. The number of hydrogen-bond donors (Lipinski definition) is 0. The molecular formula is C50H27N3S2. The molecule has 0 aliphatic rings. The van der Waals surface area contributed by atoms with Gasteiger partial charge in [0.05, 0.1) is 27.9 Å². The minimum Gasteiger partial charge on any atom is -0.309 e. The second-order valence-electron chi connectivity index (χ2n) is 14.4. The van der Waals surface area contributed by atoms with Gasteiger partial charge in [-0.3, -0.25) is 0 Å². The van der Waals surface area contributed by atoms with E-state index < -0.39 is 0 Å². The third kappa shape index (κ3) is 4.03. The summed E-state index contributed by atoms with van der Waals surface area (Å²) in [6, 6.07) is 59.7. The van der Waals surface area contributed by atoms with Crippen LogP contribution in [0.15, 0.2) is 164 Å². The summed E-state index contributed by atoms with van der Waals surface area (Å²) in [5.41, 5.74) is 7.65. The van der Waals surface area contributed by atoms with Crippen LogP contribution < -0.4 is 0 Å². The second kappa shape index (κ2) is 11.0. The van der Waals surface area contributed by atoms with Crippen molar-refractivity contribution >= 4 is 117 Å². The number of rotatable bonds is 3. The maximum absolute atomic E-state index is 5.49. The summed E-state index contributed by atoms with van der Waals surface area (Å²) in [6.45, 7) is 0. The van der Waals surface area contributed by atoms with Gasteiger partial charge in [-0.25, -0.2) is 9.97 Å². The Balaban J connectivity index is 1.11. The summed E-state index contributed by atoms with van der Waals surface area (Å²) in [4.78, 5) is 10.8. The van der Waals surface area contributed by atoms with Crippen LogP contribution in [-0.4, -0.2) is 14.5 Å². The third-order valence-electron chi connectivity index (χ3n) is 11.6. The molecule has 0 fully saturated rings. The van der Waals surface area contributed by atoms with Crippen molar-refractivity contribution < 1.29 is 0 Å². The normalized spacial score (nSPS) is 12.4. The molecule has 4 heterocycles. The molecule has 0 saturated carbocycles. The largest absolute Gasteiger partial charge is 0.309 e. The number of thiophene rings is 1. The summed E-state index contributed by atoms with van der Waals surface area (Å²) in [7, 11) is 0. The number of hydrogen-bond acceptors (Lipinski definition) is 4. The molecule has 4 aromatic heterocycles. The van der Waals surface area contributed by atoms with E-state index in [-0.39, 0.29) is 0 Å². The quantitative estimate of drug-likeness (QED) is 0.181. The van der Waals surface area contributed by atoms with Gasteiger partial charge in [0, 0.05) is 73.0 Å². The molecule has 9 aromatic carbocycles. The van der Waals surface area contributed by atoms with Crippen LogP contribution in [0.5, 0.6) is 0 Å². The van der Waals surface area contributed by atoms with Crippen molar-refractivity contribution in [1.29, 1.82) is 0 Å². The molecule has 254 valence electrons. The van der Waals surface area contributed by atoms with E-state index in [1.165, 1.54) is 72.9 Å². The van der Waals surface area contributed by atoms with E-state index in [2.05, 4.69) is 168 Å². The van der Waals surface area contributed by atoms with E-state index in [1.807, 2.05) is 22.7 Å². The highest BCUT2D eigenvalue weighted by Gasteiger charge is 2.23. The summed E-state index contributed by atoms with van der Waals surface area (Å²) in [5, 5.41) is 13.7. The molecule has 13 rings (SSSR count). The summed E-state index contributed by atoms with van der Waals surface area (Å²) < 4.78 is 7.66. The summed E-state index contributed by atoms with van der Waals surface area (Å²) >= 11 is 3.73. The van der Waals surface area contributed by atoms with Gasteiger partial charge < -0.3 is 4.57 Å². The van der Waals surface area contributed by atoms with Gasteiger partial charge in [0.1, 0.15) is 0 Å². The highest BCUT2D eigenvalue weighted by molar-refractivity contribution is 7.26. The van der Waals surface area contributed by atoms with Crippen LogP contribution >= 0.6 is 22.7 Å². The number of para-hydroxylation sites is 1. The first-order chi connectivity index (χ1) is 27.3. The Morgan fingerprint density at radius 3 is 1.69 bits per heavy atom. The SMILES string of the molecule is c1ccc2c(-c3cccc4sc5ccccc5c34)nc(-c3ccc(-n4c5ccc6cccc7sc8cccc9ccc4c(c98)c5c67)c4ccccc34)nc2c1. The Morgan fingerprint density at radius 2 is 0.945 bits per heavy atom. The van der Waals surface area contributed by atoms with Crippen molar-refractivity contribution in [2.75, 3.05) is 0 Å². The first kappa shape index (κ1) is 29.8. The highest BCUT2D eigenvalue weighted by atomic mass is 32.1. The zero-order chi connectivity index (χ0) is 35.8. The first-order valence-corrected chi connectivity index (χ1v) is 20.2. The fourth-order valence-corrected chi connectivity index (χ4v) is 11.6. The second-order valence-corrected chi connectivity index (χ2v) is 16.6. The lowest BCUT2D eigenvalue weighted by atomic mass is 9.99. The molecule has 0 amide bonds. The molecule has 0 N–H and O–H groups in total. The molecule has 0 spiro atoms. The molecule has 0 aliphatic carbocycles. The van der Waals surface area contributed by atoms with Gasteiger partial charge in [-0.2, -0.15) is 0 Å². The molecule has 0 saturated heterocycles. The Labute approximate surface area is 322 Å². The lowest BCUT2D eigenvalue weighted by Crippen LogP contribution is -1.99. The predicted molar refractivity (Wildman–Crippen MR) is 237 cm³/mol. The molecule has 13 aromatic rings.